The molecule has 0 bridgehead atoms. The van der Waals surface area contributed by atoms with Gasteiger partial charge in [0.15, 0.2) is 12.3 Å². The lowest BCUT2D eigenvalue weighted by Gasteiger charge is -2.28. The number of ether oxygens (including phenoxy) is 4. The fourth-order valence-corrected chi connectivity index (χ4v) is 6.38. The number of aliphatic hydroxyl groups is 1. The van der Waals surface area contributed by atoms with Gasteiger partial charge in [0.25, 0.3) is 13.6 Å². The van der Waals surface area contributed by atoms with Crippen LogP contribution in [0.4, 0.5) is 0 Å². The molecule has 0 radical (unpaired) electrons. The van der Waals surface area contributed by atoms with Crippen molar-refractivity contribution in [3.05, 3.63) is 147 Å². The van der Waals surface area contributed by atoms with Gasteiger partial charge in [-0.25, -0.2) is 23.5 Å². The lowest BCUT2D eigenvalue weighted by Crippen LogP contribution is -2.42. The summed E-state index contributed by atoms with van der Waals surface area (Å²) in [5.41, 5.74) is -1.26. The van der Waals surface area contributed by atoms with Gasteiger partial charge in [0.05, 0.1) is 16.7 Å². The number of carbonyl (C=O) groups excluding carboxylic acids is 2. The molecule has 1 aromatic heterocycles. The molecule has 0 amide bonds. The van der Waals surface area contributed by atoms with Gasteiger partial charge in [0, 0.05) is 12.3 Å². The van der Waals surface area contributed by atoms with Crippen LogP contribution in [0.25, 0.3) is 0 Å². The summed E-state index contributed by atoms with van der Waals surface area (Å²) in [6.07, 6.45) is -3.66. The minimum Gasteiger partial charge on any atom is -0.512 e. The van der Waals surface area contributed by atoms with Gasteiger partial charge in [0.2, 0.25) is 6.79 Å². The summed E-state index contributed by atoms with van der Waals surface area (Å²) in [4.78, 5) is 53.6. The maximum atomic E-state index is 14.5. The SMILES string of the molecule is BOC(C)(C)c1ccc(OP(=O)(OCO/C=C/O)OC2C(COC(=O)c3ccccc3)OC(n3ccc(=O)[nH]c3=O)C2OC(=O)c2ccccc2)cc1. The second kappa shape index (κ2) is 17.4. The molecule has 1 fully saturated rings. The van der Waals surface area contributed by atoms with E-state index in [1.807, 2.05) is 13.8 Å². The summed E-state index contributed by atoms with van der Waals surface area (Å²) in [6, 6.07) is 23.2. The number of aliphatic hydroxyl groups excluding tert-OH is 1. The van der Waals surface area contributed by atoms with Crippen LogP contribution in [-0.4, -0.2) is 66.4 Å². The second-order valence-electron chi connectivity index (χ2n) is 11.8. The first kappa shape index (κ1) is 38.8. The van der Waals surface area contributed by atoms with Crippen LogP contribution in [0, 0.1) is 0 Å². The number of esters is 2. The van der Waals surface area contributed by atoms with Crippen molar-refractivity contribution >= 4 is 27.8 Å². The molecule has 4 aromatic rings. The average Bonchev–Trinajstić information content (AvgIpc) is 3.48. The Kier molecular flexibility index (Phi) is 12.7. The zero-order chi connectivity index (χ0) is 38.0. The first-order valence-electron chi connectivity index (χ1n) is 16.1. The van der Waals surface area contributed by atoms with E-state index in [0.717, 1.165) is 28.7 Å². The Balaban J connectivity index is 1.55. The molecular formula is C35H36BN2O14P. The Morgan fingerprint density at radius 2 is 1.58 bits per heavy atom. The predicted molar refractivity (Wildman–Crippen MR) is 189 cm³/mol. The normalized spacial score (nSPS) is 19.7. The molecule has 0 aliphatic carbocycles. The molecule has 278 valence electrons. The summed E-state index contributed by atoms with van der Waals surface area (Å²) < 4.78 is 60.9. The van der Waals surface area contributed by atoms with Gasteiger partial charge >= 0.3 is 25.5 Å². The Bertz CT molecular complexity index is 2040. The molecule has 5 atom stereocenters. The van der Waals surface area contributed by atoms with Crippen molar-refractivity contribution in [2.45, 2.75) is 44.0 Å². The van der Waals surface area contributed by atoms with E-state index in [-0.39, 0.29) is 16.9 Å². The van der Waals surface area contributed by atoms with Crippen LogP contribution < -0.4 is 15.8 Å². The number of hydrogen-bond acceptors (Lipinski definition) is 14. The van der Waals surface area contributed by atoms with Crippen LogP contribution in [0.5, 0.6) is 5.75 Å². The van der Waals surface area contributed by atoms with Crippen molar-refractivity contribution < 1.29 is 56.4 Å². The van der Waals surface area contributed by atoms with Gasteiger partial charge in [0.1, 0.15) is 37.1 Å². The monoisotopic (exact) mass is 750 g/mol. The van der Waals surface area contributed by atoms with E-state index in [1.165, 1.54) is 36.4 Å². The summed E-state index contributed by atoms with van der Waals surface area (Å²) in [6.45, 7) is 2.36. The largest absolute Gasteiger partial charge is 0.533 e. The van der Waals surface area contributed by atoms with Crippen molar-refractivity contribution in [1.29, 1.82) is 0 Å². The molecule has 16 nitrogen and oxygen atoms in total. The molecule has 3 aromatic carbocycles. The maximum Gasteiger partial charge on any atom is 0.533 e. The zero-order valence-electron chi connectivity index (χ0n) is 28.8. The highest BCUT2D eigenvalue weighted by molar-refractivity contribution is 7.49. The first-order valence-corrected chi connectivity index (χ1v) is 17.5. The molecule has 53 heavy (non-hydrogen) atoms. The number of aromatic nitrogens is 2. The van der Waals surface area contributed by atoms with Gasteiger partial charge in [-0.15, -0.1) is 0 Å². The van der Waals surface area contributed by atoms with Crippen molar-refractivity contribution in [2.75, 3.05) is 13.4 Å². The molecule has 1 aliphatic rings. The van der Waals surface area contributed by atoms with Crippen LogP contribution >= 0.6 is 7.82 Å². The van der Waals surface area contributed by atoms with Crippen LogP contribution in [0.1, 0.15) is 46.4 Å². The highest BCUT2D eigenvalue weighted by Gasteiger charge is 2.54. The molecule has 0 spiro atoms. The number of nitrogens with zero attached hydrogens (tertiary/aromatic N) is 1. The van der Waals surface area contributed by atoms with Gasteiger partial charge in [-0.1, -0.05) is 48.5 Å². The minimum absolute atomic E-state index is 0.0129. The molecule has 2 heterocycles. The van der Waals surface area contributed by atoms with Gasteiger partial charge in [-0.05, 0) is 55.8 Å². The number of hydrogen-bond donors (Lipinski definition) is 2. The maximum absolute atomic E-state index is 14.5. The topological polar surface area (TPSA) is 200 Å². The predicted octanol–water partition coefficient (Wildman–Crippen LogP) is 3.91. The van der Waals surface area contributed by atoms with E-state index in [2.05, 4.69) is 4.98 Å². The number of nitrogens with one attached hydrogen (secondary N) is 1. The number of phosphoric ester groups is 1. The molecule has 5 unspecified atom stereocenters. The van der Waals surface area contributed by atoms with Crippen molar-refractivity contribution in [2.24, 2.45) is 0 Å². The number of phosphoric acid groups is 1. The van der Waals surface area contributed by atoms with Crippen molar-refractivity contribution in [3.63, 3.8) is 0 Å². The molecule has 18 heteroatoms. The highest BCUT2D eigenvalue weighted by atomic mass is 31.2. The third-order valence-electron chi connectivity index (χ3n) is 8.02. The smallest absolute Gasteiger partial charge is 0.512 e. The quantitative estimate of drug-likeness (QED) is 0.0417. The Morgan fingerprint density at radius 1 is 0.943 bits per heavy atom. The number of carbonyl (C=O) groups is 2. The van der Waals surface area contributed by atoms with Crippen LogP contribution in [0.15, 0.2) is 119 Å². The average molecular weight is 750 g/mol. The Labute approximate surface area is 303 Å². The summed E-state index contributed by atoms with van der Waals surface area (Å²) in [5, 5.41) is 9.02. The summed E-state index contributed by atoms with van der Waals surface area (Å²) in [5.74, 6) is -1.63. The summed E-state index contributed by atoms with van der Waals surface area (Å²) >= 11 is 0. The third-order valence-corrected chi connectivity index (χ3v) is 9.37. The standard InChI is InChI=1S/C35H36BN2O14P/c1-35(2,52-36)25-13-15-26(16-14-25)50-53(44,47-22-45-20-19-39)51-29-27(21-46-32(41)23-9-5-3-6-10-23)48-31(38-18-17-28(40)37-34(38)43)30(29)49-33(42)24-11-7-4-8-12-24/h3-20,27,29-31,39H,21-22,36H2,1-2H3,(H,37,40,43)/b20-19+. The van der Waals surface area contributed by atoms with E-state index < -0.39 is 74.6 Å². The summed E-state index contributed by atoms with van der Waals surface area (Å²) in [7, 11) is -3.31. The Morgan fingerprint density at radius 3 is 2.19 bits per heavy atom. The van der Waals surface area contributed by atoms with Crippen molar-refractivity contribution in [3.8, 4) is 5.75 Å². The molecule has 5 rings (SSSR count). The fourth-order valence-electron chi connectivity index (χ4n) is 5.10. The minimum atomic E-state index is -4.86. The second-order valence-corrected chi connectivity index (χ2v) is 13.4. The lowest BCUT2D eigenvalue weighted by molar-refractivity contribution is -0.0637. The third kappa shape index (κ3) is 9.91. The first-order chi connectivity index (χ1) is 25.4. The van der Waals surface area contributed by atoms with Gasteiger partial charge in [-0.2, -0.15) is 0 Å². The highest BCUT2D eigenvalue weighted by Crippen LogP contribution is 2.53. The molecule has 1 saturated heterocycles. The molecule has 2 N–H and O–H groups in total. The molecule has 0 saturated carbocycles. The van der Waals surface area contributed by atoms with Crippen LogP contribution in [-0.2, 0) is 42.8 Å². The number of benzene rings is 3. The van der Waals surface area contributed by atoms with Crippen LogP contribution in [0.3, 0.4) is 0 Å². The fraction of sp³-hybridized carbons (Fsp3) is 0.257. The van der Waals surface area contributed by atoms with E-state index in [9.17, 15) is 23.7 Å². The molecular weight excluding hydrogens is 714 g/mol. The van der Waals surface area contributed by atoms with Crippen LogP contribution in [0.2, 0.25) is 0 Å². The lowest BCUT2D eigenvalue weighted by atomic mass is 9.97. The van der Waals surface area contributed by atoms with Gasteiger partial charge in [-0.3, -0.25) is 18.9 Å². The van der Waals surface area contributed by atoms with Crippen molar-refractivity contribution in [1.82, 2.24) is 9.55 Å². The molecule has 1 aliphatic heterocycles. The number of H-pyrrole nitrogens is 1. The van der Waals surface area contributed by atoms with Gasteiger partial charge < -0.3 is 33.2 Å². The zero-order valence-corrected chi connectivity index (χ0v) is 29.7. The number of rotatable bonds is 16. The van der Waals surface area contributed by atoms with E-state index in [4.69, 9.17) is 42.3 Å². The van der Waals surface area contributed by atoms with E-state index in [0.29, 0.717) is 6.26 Å². The van der Waals surface area contributed by atoms with E-state index >= 15 is 0 Å². The Hall–Kier alpha value is -5.45. The number of aromatic amines is 1. The van der Waals surface area contributed by atoms with E-state index in [1.54, 1.807) is 56.6 Å².